The molecule has 98 valence electrons. The molecule has 1 aromatic carbocycles. The summed E-state index contributed by atoms with van der Waals surface area (Å²) in [5.41, 5.74) is 4.53. The van der Waals surface area contributed by atoms with Crippen LogP contribution in [0.25, 0.3) is 0 Å². The molecule has 0 bridgehead atoms. The lowest BCUT2D eigenvalue weighted by atomic mass is 10.0. The van der Waals surface area contributed by atoms with Gasteiger partial charge in [0, 0.05) is 18.3 Å². The molecule has 1 aliphatic rings. The Labute approximate surface area is 114 Å². The maximum Gasteiger partial charge on any atom is 0.248 e. The highest BCUT2D eigenvalue weighted by atomic mass is 35.5. The van der Waals surface area contributed by atoms with Gasteiger partial charge in [0.1, 0.15) is 0 Å². The Hall–Kier alpha value is -1.32. The predicted molar refractivity (Wildman–Crippen MR) is 77.2 cm³/mol. The van der Waals surface area contributed by atoms with Crippen molar-refractivity contribution in [2.75, 3.05) is 11.9 Å². The van der Waals surface area contributed by atoms with Crippen LogP contribution in [0.3, 0.4) is 0 Å². The van der Waals surface area contributed by atoms with Crippen molar-refractivity contribution in [2.45, 2.75) is 26.8 Å². The Morgan fingerprint density at radius 3 is 2.83 bits per heavy atom. The normalized spacial score (nSPS) is 13.0. The molecule has 0 spiro atoms. The van der Waals surface area contributed by atoms with E-state index < -0.39 is 0 Å². The molecule has 0 saturated carbocycles. The molecule has 1 aromatic rings. The van der Waals surface area contributed by atoms with E-state index in [1.807, 2.05) is 19.9 Å². The number of benzene rings is 1. The number of rotatable bonds is 2. The number of carbonyl (C=O) groups excluding carboxylic acids is 1. The van der Waals surface area contributed by atoms with Crippen molar-refractivity contribution in [3.05, 3.63) is 41.0 Å². The second kappa shape index (κ2) is 6.57. The summed E-state index contributed by atoms with van der Waals surface area (Å²) in [5, 5.41) is 6.21. The summed E-state index contributed by atoms with van der Waals surface area (Å²) in [7, 11) is 0. The minimum Gasteiger partial charge on any atom is -0.323 e. The largest absolute Gasteiger partial charge is 0.323 e. The van der Waals surface area contributed by atoms with Crippen LogP contribution >= 0.6 is 12.4 Å². The van der Waals surface area contributed by atoms with E-state index in [1.54, 1.807) is 6.08 Å². The molecule has 0 unspecified atom stereocenters. The maximum absolute atomic E-state index is 11.6. The monoisotopic (exact) mass is 266 g/mol. The van der Waals surface area contributed by atoms with Gasteiger partial charge in [0.15, 0.2) is 0 Å². The van der Waals surface area contributed by atoms with Gasteiger partial charge in [-0.2, -0.15) is 0 Å². The molecule has 1 amide bonds. The summed E-state index contributed by atoms with van der Waals surface area (Å²) in [6, 6.07) is 6.13. The molecule has 1 heterocycles. The summed E-state index contributed by atoms with van der Waals surface area (Å²) in [6.45, 7) is 5.75. The molecular formula is C14H19ClN2O. The summed E-state index contributed by atoms with van der Waals surface area (Å²) in [5.74, 6) is -0.0614. The first-order valence-corrected chi connectivity index (χ1v) is 5.93. The second-order valence-corrected chi connectivity index (χ2v) is 4.62. The number of amides is 1. The summed E-state index contributed by atoms with van der Waals surface area (Å²) in [4.78, 5) is 11.6. The Morgan fingerprint density at radius 1 is 1.33 bits per heavy atom. The third-order valence-electron chi connectivity index (χ3n) is 2.78. The van der Waals surface area contributed by atoms with Gasteiger partial charge in [-0.3, -0.25) is 4.79 Å². The minimum atomic E-state index is -0.0614. The van der Waals surface area contributed by atoms with Gasteiger partial charge < -0.3 is 10.6 Å². The Balaban J connectivity index is 0.00000162. The van der Waals surface area contributed by atoms with Crippen molar-refractivity contribution >= 4 is 24.0 Å². The van der Waals surface area contributed by atoms with Crippen molar-refractivity contribution in [3.63, 3.8) is 0 Å². The summed E-state index contributed by atoms with van der Waals surface area (Å²) < 4.78 is 0. The molecule has 2 N–H and O–H groups in total. The van der Waals surface area contributed by atoms with Crippen LogP contribution in [0.15, 0.2) is 29.8 Å². The molecular weight excluding hydrogens is 248 g/mol. The Kier molecular flexibility index (Phi) is 5.38. The standard InChI is InChI=1S/C14H18N2O.ClH/c1-10(2)7-14(17)16-13-4-3-11-5-6-15-9-12(11)8-13;/h3-4,7-8,15H,5-6,9H2,1-2H3,(H,16,17);1H. The van der Waals surface area contributed by atoms with Gasteiger partial charge in [-0.25, -0.2) is 0 Å². The lowest BCUT2D eigenvalue weighted by molar-refractivity contribution is -0.111. The second-order valence-electron chi connectivity index (χ2n) is 4.62. The van der Waals surface area contributed by atoms with Crippen LogP contribution in [0.5, 0.6) is 0 Å². The lowest BCUT2D eigenvalue weighted by Crippen LogP contribution is -2.23. The summed E-state index contributed by atoms with van der Waals surface area (Å²) in [6.07, 6.45) is 2.68. The number of hydrogen-bond acceptors (Lipinski definition) is 2. The van der Waals surface area contributed by atoms with E-state index >= 15 is 0 Å². The van der Waals surface area contributed by atoms with E-state index in [0.717, 1.165) is 30.8 Å². The highest BCUT2D eigenvalue weighted by Gasteiger charge is 2.09. The zero-order chi connectivity index (χ0) is 12.3. The fourth-order valence-electron chi connectivity index (χ4n) is 2.00. The van der Waals surface area contributed by atoms with Crippen molar-refractivity contribution in [2.24, 2.45) is 0 Å². The number of carbonyl (C=O) groups is 1. The van der Waals surface area contributed by atoms with E-state index in [9.17, 15) is 4.79 Å². The van der Waals surface area contributed by atoms with Crippen molar-refractivity contribution < 1.29 is 4.79 Å². The molecule has 0 fully saturated rings. The predicted octanol–water partition coefficient (Wildman–Crippen LogP) is 2.66. The Morgan fingerprint density at radius 2 is 2.11 bits per heavy atom. The van der Waals surface area contributed by atoms with E-state index in [2.05, 4.69) is 22.8 Å². The molecule has 4 heteroatoms. The molecule has 3 nitrogen and oxygen atoms in total. The van der Waals surface area contributed by atoms with Crippen molar-refractivity contribution in [3.8, 4) is 0 Å². The first-order chi connectivity index (χ1) is 8.15. The number of fused-ring (bicyclic) bond motifs is 1. The zero-order valence-electron chi connectivity index (χ0n) is 10.7. The fourth-order valence-corrected chi connectivity index (χ4v) is 2.00. The van der Waals surface area contributed by atoms with Gasteiger partial charge in [0.25, 0.3) is 0 Å². The quantitative estimate of drug-likeness (QED) is 0.808. The molecule has 0 aromatic heterocycles. The van der Waals surface area contributed by atoms with Gasteiger partial charge >= 0.3 is 0 Å². The van der Waals surface area contributed by atoms with Crippen LogP contribution < -0.4 is 10.6 Å². The third-order valence-corrected chi connectivity index (χ3v) is 2.78. The smallest absolute Gasteiger partial charge is 0.248 e. The van der Waals surface area contributed by atoms with E-state index in [-0.39, 0.29) is 18.3 Å². The topological polar surface area (TPSA) is 41.1 Å². The SMILES string of the molecule is CC(C)=CC(=O)Nc1ccc2c(c1)CNCC2.Cl. The average molecular weight is 267 g/mol. The van der Waals surface area contributed by atoms with E-state index in [0.29, 0.717) is 0 Å². The number of hydrogen-bond donors (Lipinski definition) is 2. The molecule has 0 atom stereocenters. The zero-order valence-corrected chi connectivity index (χ0v) is 11.6. The van der Waals surface area contributed by atoms with Gasteiger partial charge in [0.2, 0.25) is 5.91 Å². The van der Waals surface area contributed by atoms with E-state index in [4.69, 9.17) is 0 Å². The summed E-state index contributed by atoms with van der Waals surface area (Å²) >= 11 is 0. The number of anilines is 1. The van der Waals surface area contributed by atoms with Crippen LogP contribution in [0.2, 0.25) is 0 Å². The minimum absolute atomic E-state index is 0. The first kappa shape index (κ1) is 14.7. The molecule has 0 radical (unpaired) electrons. The first-order valence-electron chi connectivity index (χ1n) is 5.93. The third kappa shape index (κ3) is 3.86. The van der Waals surface area contributed by atoms with Gasteiger partial charge in [-0.1, -0.05) is 11.6 Å². The van der Waals surface area contributed by atoms with E-state index in [1.165, 1.54) is 11.1 Å². The molecule has 1 aliphatic heterocycles. The fraction of sp³-hybridized carbons (Fsp3) is 0.357. The highest BCUT2D eigenvalue weighted by molar-refractivity contribution is 5.99. The molecule has 18 heavy (non-hydrogen) atoms. The van der Waals surface area contributed by atoms with Crippen LogP contribution in [-0.4, -0.2) is 12.5 Å². The molecule has 0 aliphatic carbocycles. The maximum atomic E-state index is 11.6. The molecule has 0 saturated heterocycles. The van der Waals surface area contributed by atoms with Gasteiger partial charge in [-0.05, 0) is 50.1 Å². The van der Waals surface area contributed by atoms with Gasteiger partial charge in [-0.15, -0.1) is 12.4 Å². The van der Waals surface area contributed by atoms with Crippen LogP contribution in [0, 0.1) is 0 Å². The van der Waals surface area contributed by atoms with Crippen molar-refractivity contribution in [1.82, 2.24) is 5.32 Å². The highest BCUT2D eigenvalue weighted by Crippen LogP contribution is 2.18. The van der Waals surface area contributed by atoms with Crippen LogP contribution in [0.4, 0.5) is 5.69 Å². The van der Waals surface area contributed by atoms with Crippen LogP contribution in [-0.2, 0) is 17.8 Å². The van der Waals surface area contributed by atoms with Crippen molar-refractivity contribution in [1.29, 1.82) is 0 Å². The Bertz CT molecular complexity index is 465. The lowest BCUT2D eigenvalue weighted by Gasteiger charge is -2.17. The molecule has 2 rings (SSSR count). The number of nitrogens with one attached hydrogen (secondary N) is 2. The number of allylic oxidation sites excluding steroid dienone is 1. The average Bonchev–Trinajstić information content (AvgIpc) is 2.27. The number of halogens is 1. The van der Waals surface area contributed by atoms with Crippen LogP contribution in [0.1, 0.15) is 25.0 Å². The van der Waals surface area contributed by atoms with Gasteiger partial charge in [0.05, 0.1) is 0 Å².